The summed E-state index contributed by atoms with van der Waals surface area (Å²) in [6.07, 6.45) is 2.91. The van der Waals surface area contributed by atoms with Gasteiger partial charge in [0.1, 0.15) is 0 Å². The van der Waals surface area contributed by atoms with Gasteiger partial charge in [-0.25, -0.2) is 9.78 Å². The number of likely N-dealkylation sites (tertiary alicyclic amines) is 1. The van der Waals surface area contributed by atoms with E-state index in [4.69, 9.17) is 9.47 Å². The highest BCUT2D eigenvalue weighted by molar-refractivity contribution is 5.89. The van der Waals surface area contributed by atoms with E-state index in [1.54, 1.807) is 42.5 Å². The van der Waals surface area contributed by atoms with E-state index in [0.717, 1.165) is 0 Å². The highest BCUT2D eigenvalue weighted by atomic mass is 16.5. The van der Waals surface area contributed by atoms with Crippen LogP contribution in [0.3, 0.4) is 0 Å². The monoisotopic (exact) mass is 366 g/mol. The van der Waals surface area contributed by atoms with Gasteiger partial charge in [0.15, 0.2) is 11.5 Å². The summed E-state index contributed by atoms with van der Waals surface area (Å²) in [6.45, 7) is 3.07. The Morgan fingerprint density at radius 2 is 1.93 bits per heavy atom. The standard InChI is InChI=1S/C20H22N4O3/c1-20(14-21)9-11-24(12-10-20)19(25)23-15-7-8-18(22-13-15)27-17-6-4-3-5-16(17)26-2/h3-8,13H,9-12H2,1-2H3,(H,23,25). The Kier molecular flexibility index (Phi) is 5.46. The molecule has 3 rings (SSSR count). The van der Waals surface area contributed by atoms with Crippen molar-refractivity contribution < 1.29 is 14.3 Å². The van der Waals surface area contributed by atoms with Crippen LogP contribution in [0.15, 0.2) is 42.6 Å². The summed E-state index contributed by atoms with van der Waals surface area (Å²) in [4.78, 5) is 18.3. The minimum atomic E-state index is -0.337. The van der Waals surface area contributed by atoms with Crippen molar-refractivity contribution in [3.05, 3.63) is 42.6 Å². The highest BCUT2D eigenvalue weighted by Gasteiger charge is 2.31. The molecule has 0 bridgehead atoms. The van der Waals surface area contributed by atoms with Crippen LogP contribution in [0.25, 0.3) is 0 Å². The number of carbonyl (C=O) groups excluding carboxylic acids is 1. The number of methoxy groups -OCH3 is 1. The van der Waals surface area contributed by atoms with Crippen LogP contribution in [0.1, 0.15) is 19.8 Å². The molecular weight excluding hydrogens is 344 g/mol. The number of piperidine rings is 1. The third kappa shape index (κ3) is 4.47. The Morgan fingerprint density at radius 1 is 1.22 bits per heavy atom. The van der Waals surface area contributed by atoms with Crippen molar-refractivity contribution in [3.63, 3.8) is 0 Å². The van der Waals surface area contributed by atoms with Gasteiger partial charge in [-0.15, -0.1) is 0 Å². The number of rotatable bonds is 4. The van der Waals surface area contributed by atoms with Crippen LogP contribution in [-0.4, -0.2) is 36.1 Å². The molecule has 0 unspecified atom stereocenters. The molecule has 7 nitrogen and oxygen atoms in total. The number of hydrogen-bond donors (Lipinski definition) is 1. The zero-order valence-corrected chi connectivity index (χ0v) is 15.4. The first-order chi connectivity index (χ1) is 13.0. The number of ether oxygens (including phenoxy) is 2. The van der Waals surface area contributed by atoms with E-state index in [1.807, 2.05) is 19.1 Å². The average Bonchev–Trinajstić information content (AvgIpc) is 2.70. The molecule has 2 amide bonds. The predicted molar refractivity (Wildman–Crippen MR) is 101 cm³/mol. The highest BCUT2D eigenvalue weighted by Crippen LogP contribution is 2.31. The fourth-order valence-corrected chi connectivity index (χ4v) is 2.85. The molecule has 1 aliphatic heterocycles. The second-order valence-electron chi connectivity index (χ2n) is 6.73. The lowest BCUT2D eigenvalue weighted by Gasteiger charge is -2.34. The topological polar surface area (TPSA) is 87.5 Å². The summed E-state index contributed by atoms with van der Waals surface area (Å²) < 4.78 is 11.0. The zero-order chi connectivity index (χ0) is 19.3. The summed E-state index contributed by atoms with van der Waals surface area (Å²) in [6, 6.07) is 12.9. The maximum absolute atomic E-state index is 12.4. The number of nitrogens with one attached hydrogen (secondary N) is 1. The number of benzene rings is 1. The number of amides is 2. The van der Waals surface area contributed by atoms with E-state index >= 15 is 0 Å². The Morgan fingerprint density at radius 3 is 2.52 bits per heavy atom. The number of para-hydroxylation sites is 2. The molecule has 0 atom stereocenters. The summed E-state index contributed by atoms with van der Waals surface area (Å²) in [5, 5.41) is 12.0. The molecule has 1 aliphatic rings. The van der Waals surface area contributed by atoms with Crippen molar-refractivity contribution >= 4 is 11.7 Å². The van der Waals surface area contributed by atoms with E-state index in [2.05, 4.69) is 16.4 Å². The lowest BCUT2D eigenvalue weighted by atomic mass is 9.82. The normalized spacial score (nSPS) is 15.5. The van der Waals surface area contributed by atoms with Gasteiger partial charge in [-0.2, -0.15) is 5.26 Å². The molecule has 1 saturated heterocycles. The van der Waals surface area contributed by atoms with Gasteiger partial charge in [0.2, 0.25) is 5.88 Å². The van der Waals surface area contributed by atoms with Crippen molar-refractivity contribution in [1.82, 2.24) is 9.88 Å². The molecule has 1 aromatic heterocycles. The van der Waals surface area contributed by atoms with Crippen LogP contribution in [0, 0.1) is 16.7 Å². The van der Waals surface area contributed by atoms with Crippen LogP contribution in [0.5, 0.6) is 17.4 Å². The quantitative estimate of drug-likeness (QED) is 0.882. The van der Waals surface area contributed by atoms with Gasteiger partial charge in [0, 0.05) is 19.2 Å². The summed E-state index contributed by atoms with van der Waals surface area (Å²) in [5.74, 6) is 1.59. The van der Waals surface area contributed by atoms with Crippen molar-refractivity contribution in [2.24, 2.45) is 5.41 Å². The Hall–Kier alpha value is -3.27. The number of hydrogen-bond acceptors (Lipinski definition) is 5. The minimum absolute atomic E-state index is 0.185. The summed E-state index contributed by atoms with van der Waals surface area (Å²) >= 11 is 0. The van der Waals surface area contributed by atoms with Gasteiger partial charge < -0.3 is 19.7 Å². The minimum Gasteiger partial charge on any atom is -0.493 e. The van der Waals surface area contributed by atoms with Gasteiger partial charge in [-0.1, -0.05) is 12.1 Å². The smallest absolute Gasteiger partial charge is 0.321 e. The molecule has 1 fully saturated rings. The van der Waals surface area contributed by atoms with Crippen molar-refractivity contribution in [1.29, 1.82) is 5.26 Å². The molecular formula is C20H22N4O3. The van der Waals surface area contributed by atoms with E-state index < -0.39 is 0 Å². The average molecular weight is 366 g/mol. The molecule has 0 radical (unpaired) electrons. The second-order valence-corrected chi connectivity index (χ2v) is 6.73. The van der Waals surface area contributed by atoms with Crippen molar-refractivity contribution in [2.45, 2.75) is 19.8 Å². The van der Waals surface area contributed by atoms with Gasteiger partial charge in [-0.05, 0) is 38.0 Å². The second kappa shape index (κ2) is 7.96. The zero-order valence-electron chi connectivity index (χ0n) is 15.4. The summed E-state index contributed by atoms with van der Waals surface area (Å²) in [7, 11) is 1.58. The third-order valence-corrected chi connectivity index (χ3v) is 4.70. The van der Waals surface area contributed by atoms with Crippen LogP contribution in [0.2, 0.25) is 0 Å². The number of carbonyl (C=O) groups is 1. The largest absolute Gasteiger partial charge is 0.493 e. The predicted octanol–water partition coefficient (Wildman–Crippen LogP) is 4.04. The molecule has 2 heterocycles. The van der Waals surface area contributed by atoms with Gasteiger partial charge >= 0.3 is 6.03 Å². The first kappa shape index (κ1) is 18.5. The molecule has 0 spiro atoms. The Labute approximate surface area is 158 Å². The number of pyridine rings is 1. The van der Waals surface area contributed by atoms with Gasteiger partial charge in [0.25, 0.3) is 0 Å². The van der Waals surface area contributed by atoms with E-state index in [-0.39, 0.29) is 11.4 Å². The van der Waals surface area contributed by atoms with Gasteiger partial charge in [-0.3, -0.25) is 0 Å². The first-order valence-corrected chi connectivity index (χ1v) is 8.77. The molecule has 140 valence electrons. The number of anilines is 1. The van der Waals surface area contributed by atoms with Crippen molar-refractivity contribution in [2.75, 3.05) is 25.5 Å². The van der Waals surface area contributed by atoms with Crippen LogP contribution >= 0.6 is 0 Å². The molecule has 0 saturated carbocycles. The van der Waals surface area contributed by atoms with Crippen LogP contribution in [-0.2, 0) is 0 Å². The van der Waals surface area contributed by atoms with Crippen molar-refractivity contribution in [3.8, 4) is 23.4 Å². The van der Waals surface area contributed by atoms with Crippen LogP contribution in [0.4, 0.5) is 10.5 Å². The summed E-state index contributed by atoms with van der Waals surface area (Å²) in [5.41, 5.74) is 0.247. The van der Waals surface area contributed by atoms with E-state index in [0.29, 0.717) is 49.0 Å². The fraction of sp³-hybridized carbons (Fsp3) is 0.350. The third-order valence-electron chi connectivity index (χ3n) is 4.70. The molecule has 2 aromatic rings. The van der Waals surface area contributed by atoms with E-state index in [9.17, 15) is 10.1 Å². The fourth-order valence-electron chi connectivity index (χ4n) is 2.85. The first-order valence-electron chi connectivity index (χ1n) is 8.77. The molecule has 27 heavy (non-hydrogen) atoms. The molecule has 7 heteroatoms. The Bertz CT molecular complexity index is 837. The number of aromatic nitrogens is 1. The van der Waals surface area contributed by atoms with Crippen LogP contribution < -0.4 is 14.8 Å². The number of nitriles is 1. The van der Waals surface area contributed by atoms with E-state index in [1.165, 1.54) is 0 Å². The maximum Gasteiger partial charge on any atom is 0.321 e. The molecule has 0 aliphatic carbocycles. The SMILES string of the molecule is COc1ccccc1Oc1ccc(NC(=O)N2CCC(C)(C#N)CC2)cn1. The number of nitrogens with zero attached hydrogens (tertiary/aromatic N) is 3. The lowest BCUT2D eigenvalue weighted by molar-refractivity contribution is 0.166. The number of urea groups is 1. The molecule has 1 aromatic carbocycles. The molecule has 1 N–H and O–H groups in total. The van der Waals surface area contributed by atoms with Gasteiger partial charge in [0.05, 0.1) is 30.5 Å². The maximum atomic E-state index is 12.4. The lowest BCUT2D eigenvalue weighted by Crippen LogP contribution is -2.43. The Balaban J connectivity index is 1.58.